The third kappa shape index (κ3) is 2.16. The highest BCUT2D eigenvalue weighted by molar-refractivity contribution is 7.12. The normalized spacial score (nSPS) is 10.8. The largest absolute Gasteiger partial charge is 0.291 e. The summed E-state index contributed by atoms with van der Waals surface area (Å²) in [6, 6.07) is 10.8. The lowest BCUT2D eigenvalue weighted by Crippen LogP contribution is -2.27. The van der Waals surface area contributed by atoms with Crippen LogP contribution in [-0.4, -0.2) is 15.3 Å². The predicted molar refractivity (Wildman–Crippen MR) is 79.4 cm³/mol. The summed E-state index contributed by atoms with van der Waals surface area (Å²) in [6.45, 7) is 1.78. The topological polar surface area (TPSA) is 52.0 Å². The number of fused-ring (bicyclic) bond motifs is 1. The number of thiophene rings is 1. The van der Waals surface area contributed by atoms with Gasteiger partial charge >= 0.3 is 0 Å². The van der Waals surface area contributed by atoms with Gasteiger partial charge in [-0.15, -0.1) is 11.3 Å². The van der Waals surface area contributed by atoms with Crippen molar-refractivity contribution in [2.75, 3.05) is 0 Å². The van der Waals surface area contributed by atoms with E-state index in [9.17, 15) is 9.59 Å². The Kier molecular flexibility index (Phi) is 3.20. The number of para-hydroxylation sites is 1. The summed E-state index contributed by atoms with van der Waals surface area (Å²) in [5.41, 5.74) is 0.493. The van der Waals surface area contributed by atoms with Crippen LogP contribution in [0, 0.1) is 6.92 Å². The first kappa shape index (κ1) is 12.7. The highest BCUT2D eigenvalue weighted by atomic mass is 32.1. The molecule has 0 N–H and O–H groups in total. The first-order chi connectivity index (χ1) is 9.66. The Labute approximate surface area is 119 Å². The second-order valence-corrected chi connectivity index (χ2v) is 5.42. The van der Waals surface area contributed by atoms with Crippen LogP contribution in [0.25, 0.3) is 10.9 Å². The van der Waals surface area contributed by atoms with Crippen LogP contribution in [0.15, 0.2) is 46.6 Å². The Hall–Kier alpha value is -2.27. The summed E-state index contributed by atoms with van der Waals surface area (Å²) >= 11 is 1.38. The Bertz CT molecular complexity index is 835. The maximum absolute atomic E-state index is 12.4. The Morgan fingerprint density at radius 3 is 2.80 bits per heavy atom. The van der Waals surface area contributed by atoms with E-state index in [-0.39, 0.29) is 17.9 Å². The minimum Gasteiger partial charge on any atom is -0.291 e. The van der Waals surface area contributed by atoms with Crippen molar-refractivity contribution in [1.29, 1.82) is 0 Å². The third-order valence-electron chi connectivity index (χ3n) is 3.15. The van der Waals surface area contributed by atoms with E-state index in [1.165, 1.54) is 15.9 Å². The molecular weight excluding hydrogens is 272 g/mol. The molecule has 0 aliphatic heterocycles. The van der Waals surface area contributed by atoms with Gasteiger partial charge in [-0.3, -0.25) is 14.2 Å². The maximum Gasteiger partial charge on any atom is 0.261 e. The zero-order valence-electron chi connectivity index (χ0n) is 10.9. The Morgan fingerprint density at radius 1 is 1.25 bits per heavy atom. The molecule has 0 bridgehead atoms. The van der Waals surface area contributed by atoms with Crippen molar-refractivity contribution in [3.8, 4) is 0 Å². The van der Waals surface area contributed by atoms with Crippen molar-refractivity contribution in [1.82, 2.24) is 9.55 Å². The number of aromatic nitrogens is 2. The van der Waals surface area contributed by atoms with Crippen LogP contribution >= 0.6 is 11.3 Å². The number of carbonyl (C=O) groups is 1. The standard InChI is InChI=1S/C15H12N2O2S/c1-10-16-12-6-3-2-5-11(12)15(19)17(10)9-13(18)14-7-4-8-20-14/h2-8H,9H2,1H3. The monoisotopic (exact) mass is 284 g/mol. The molecule has 100 valence electrons. The van der Waals surface area contributed by atoms with E-state index >= 15 is 0 Å². The van der Waals surface area contributed by atoms with E-state index in [0.717, 1.165) is 0 Å². The molecule has 20 heavy (non-hydrogen) atoms. The number of carbonyl (C=O) groups excluding carboxylic acids is 1. The maximum atomic E-state index is 12.4. The van der Waals surface area contributed by atoms with E-state index < -0.39 is 0 Å². The molecule has 2 aromatic heterocycles. The molecule has 5 heteroatoms. The molecule has 0 radical (unpaired) electrons. The SMILES string of the molecule is Cc1nc2ccccc2c(=O)n1CC(=O)c1cccs1. The molecule has 0 saturated heterocycles. The van der Waals surface area contributed by atoms with Gasteiger partial charge in [0.05, 0.1) is 22.3 Å². The van der Waals surface area contributed by atoms with Gasteiger partial charge in [0.15, 0.2) is 5.78 Å². The minimum absolute atomic E-state index is 0.0308. The van der Waals surface area contributed by atoms with Gasteiger partial charge in [-0.05, 0) is 30.5 Å². The molecule has 0 amide bonds. The number of nitrogens with zero attached hydrogens (tertiary/aromatic N) is 2. The molecule has 0 aliphatic rings. The molecule has 2 heterocycles. The van der Waals surface area contributed by atoms with Gasteiger partial charge in [-0.2, -0.15) is 0 Å². The molecule has 3 rings (SSSR count). The lowest BCUT2D eigenvalue weighted by Gasteiger charge is -2.09. The molecule has 0 fully saturated rings. The first-order valence-electron chi connectivity index (χ1n) is 6.19. The summed E-state index contributed by atoms with van der Waals surface area (Å²) in [7, 11) is 0. The minimum atomic E-state index is -0.169. The van der Waals surface area contributed by atoms with Gasteiger partial charge in [0.2, 0.25) is 0 Å². The van der Waals surface area contributed by atoms with Crippen molar-refractivity contribution in [3.63, 3.8) is 0 Å². The van der Waals surface area contributed by atoms with Crippen LogP contribution in [0.5, 0.6) is 0 Å². The smallest absolute Gasteiger partial charge is 0.261 e. The number of aryl methyl sites for hydroxylation is 1. The fourth-order valence-electron chi connectivity index (χ4n) is 2.12. The Morgan fingerprint density at radius 2 is 2.05 bits per heavy atom. The number of hydrogen-bond donors (Lipinski definition) is 0. The van der Waals surface area contributed by atoms with Gasteiger partial charge in [0.1, 0.15) is 5.82 Å². The van der Waals surface area contributed by atoms with E-state index in [1.807, 2.05) is 17.5 Å². The quantitative estimate of drug-likeness (QED) is 0.695. The average Bonchev–Trinajstić information content (AvgIpc) is 2.97. The molecule has 0 unspecified atom stereocenters. The van der Waals surface area contributed by atoms with E-state index in [4.69, 9.17) is 0 Å². The number of benzene rings is 1. The predicted octanol–water partition coefficient (Wildman–Crippen LogP) is 2.65. The van der Waals surface area contributed by atoms with E-state index in [2.05, 4.69) is 4.98 Å². The number of rotatable bonds is 3. The summed E-state index contributed by atoms with van der Waals surface area (Å²) in [5.74, 6) is 0.487. The summed E-state index contributed by atoms with van der Waals surface area (Å²) in [5, 5.41) is 2.39. The van der Waals surface area contributed by atoms with Crippen LogP contribution in [0.1, 0.15) is 15.5 Å². The fourth-order valence-corrected chi connectivity index (χ4v) is 2.78. The van der Waals surface area contributed by atoms with Crippen molar-refractivity contribution in [2.24, 2.45) is 0 Å². The molecular formula is C15H12N2O2S. The number of Topliss-reactive ketones (excluding diaryl/α,β-unsaturated/α-hetero) is 1. The summed E-state index contributed by atoms with van der Waals surface area (Å²) in [6.07, 6.45) is 0. The van der Waals surface area contributed by atoms with Crippen molar-refractivity contribution in [3.05, 3.63) is 62.8 Å². The highest BCUT2D eigenvalue weighted by Crippen LogP contribution is 2.12. The fraction of sp³-hybridized carbons (Fsp3) is 0.133. The second kappa shape index (κ2) is 5.02. The average molecular weight is 284 g/mol. The van der Waals surface area contributed by atoms with Crippen LogP contribution in [-0.2, 0) is 6.54 Å². The van der Waals surface area contributed by atoms with Crippen LogP contribution in [0.3, 0.4) is 0 Å². The molecule has 0 spiro atoms. The summed E-state index contributed by atoms with van der Waals surface area (Å²) in [4.78, 5) is 29.6. The molecule has 0 atom stereocenters. The lowest BCUT2D eigenvalue weighted by atomic mass is 10.2. The van der Waals surface area contributed by atoms with Crippen molar-refractivity contribution >= 4 is 28.0 Å². The second-order valence-electron chi connectivity index (χ2n) is 4.47. The van der Waals surface area contributed by atoms with Gasteiger partial charge < -0.3 is 0 Å². The van der Waals surface area contributed by atoms with Gasteiger partial charge in [-0.25, -0.2) is 4.98 Å². The molecule has 4 nitrogen and oxygen atoms in total. The Balaban J connectivity index is 2.08. The van der Waals surface area contributed by atoms with Gasteiger partial charge in [0, 0.05) is 0 Å². The first-order valence-corrected chi connectivity index (χ1v) is 7.07. The lowest BCUT2D eigenvalue weighted by molar-refractivity contribution is 0.0973. The summed E-state index contributed by atoms with van der Waals surface area (Å²) < 4.78 is 1.43. The molecule has 0 saturated carbocycles. The van der Waals surface area contributed by atoms with Crippen molar-refractivity contribution < 1.29 is 4.79 Å². The molecule has 0 aliphatic carbocycles. The third-order valence-corrected chi connectivity index (χ3v) is 4.06. The zero-order chi connectivity index (χ0) is 14.1. The molecule has 3 aromatic rings. The van der Waals surface area contributed by atoms with Crippen molar-refractivity contribution in [2.45, 2.75) is 13.5 Å². The van der Waals surface area contributed by atoms with Crippen LogP contribution in [0.2, 0.25) is 0 Å². The highest BCUT2D eigenvalue weighted by Gasteiger charge is 2.13. The van der Waals surface area contributed by atoms with Crippen LogP contribution in [0.4, 0.5) is 0 Å². The van der Waals surface area contributed by atoms with Gasteiger partial charge in [0.25, 0.3) is 5.56 Å². The van der Waals surface area contributed by atoms with Crippen LogP contribution < -0.4 is 5.56 Å². The van der Waals surface area contributed by atoms with Gasteiger partial charge in [-0.1, -0.05) is 18.2 Å². The molecule has 1 aromatic carbocycles. The van der Waals surface area contributed by atoms with E-state index in [0.29, 0.717) is 21.6 Å². The number of ketones is 1. The number of hydrogen-bond acceptors (Lipinski definition) is 4. The zero-order valence-corrected chi connectivity index (χ0v) is 11.7. The van der Waals surface area contributed by atoms with E-state index in [1.54, 1.807) is 31.2 Å².